The van der Waals surface area contributed by atoms with Gasteiger partial charge < -0.3 is 24.8 Å². The molecule has 5 heterocycles. The first-order valence-corrected chi connectivity index (χ1v) is 20.3. The number of aromatic nitrogens is 5. The molecule has 5 aromatic rings. The number of likely N-dealkylation sites (tertiary alicyclic amines) is 1. The van der Waals surface area contributed by atoms with Crippen molar-refractivity contribution in [1.82, 2.24) is 34.6 Å². The van der Waals surface area contributed by atoms with Crippen LogP contribution in [0.3, 0.4) is 0 Å². The Morgan fingerprint density at radius 1 is 0.929 bits per heavy atom. The standard InChI is InChI=1S/C43H55N9O4/c1-29-11-7-8-22-50(29)42-47-46-39-19-16-32(27-51(39)42)56-36-18-17-35(33-12-5-6-13-34(33)36)44-41(54)45-40-26-38(43(2,3)4)48-52(40)31-15-14-30(28-53)37(25-31)55-24-23-49-20-9-10-21-49/h5-6,12-16,19,25-27,29,35-36,53H,7-11,17-18,20-24,28H2,1-4H3,(H2,44,45,54)/t29-,35-,36+/m0/s1. The van der Waals surface area contributed by atoms with Crippen molar-refractivity contribution in [3.8, 4) is 17.2 Å². The predicted molar refractivity (Wildman–Crippen MR) is 217 cm³/mol. The van der Waals surface area contributed by atoms with Gasteiger partial charge in [0, 0.05) is 42.2 Å². The van der Waals surface area contributed by atoms with E-state index in [-0.39, 0.29) is 30.2 Å². The third-order valence-corrected chi connectivity index (χ3v) is 11.5. The first-order chi connectivity index (χ1) is 27.1. The van der Waals surface area contributed by atoms with Crippen molar-refractivity contribution in [3.05, 3.63) is 89.2 Å². The lowest BCUT2D eigenvalue weighted by Crippen LogP contribution is -2.38. The lowest BCUT2D eigenvalue weighted by Gasteiger charge is -2.33. The van der Waals surface area contributed by atoms with Crippen molar-refractivity contribution in [2.45, 2.75) is 103 Å². The van der Waals surface area contributed by atoms with E-state index in [9.17, 15) is 9.90 Å². The number of anilines is 2. The van der Waals surface area contributed by atoms with Gasteiger partial charge in [-0.2, -0.15) is 5.10 Å². The van der Waals surface area contributed by atoms with Crippen LogP contribution in [0.15, 0.2) is 66.9 Å². The maximum Gasteiger partial charge on any atom is 0.320 e. The SMILES string of the molecule is C[C@H]1CCCCN1c1nnc2ccc(O[C@@H]3CC[C@H](NC(=O)Nc4cc(C(C)(C)C)nn4-c4ccc(CO)c(OCCN5CCCC5)c4)c4ccccc43)cn12. The van der Waals surface area contributed by atoms with E-state index in [4.69, 9.17) is 14.6 Å². The molecule has 13 heteroatoms. The van der Waals surface area contributed by atoms with Gasteiger partial charge in [0.25, 0.3) is 0 Å². The minimum absolute atomic E-state index is 0.135. The molecule has 0 unspecified atom stereocenters. The van der Waals surface area contributed by atoms with E-state index in [0.717, 1.165) is 85.3 Å². The zero-order valence-corrected chi connectivity index (χ0v) is 33.1. The fraction of sp³-hybridized carbons (Fsp3) is 0.488. The minimum atomic E-state index is -0.322. The van der Waals surface area contributed by atoms with E-state index in [1.165, 1.54) is 19.3 Å². The Balaban J connectivity index is 0.983. The number of hydrogen-bond donors (Lipinski definition) is 3. The van der Waals surface area contributed by atoms with Crippen molar-refractivity contribution in [3.63, 3.8) is 0 Å². The quantitative estimate of drug-likeness (QED) is 0.127. The zero-order chi connectivity index (χ0) is 38.8. The summed E-state index contributed by atoms with van der Waals surface area (Å²) in [5.74, 6) is 2.76. The zero-order valence-electron chi connectivity index (χ0n) is 33.1. The molecular weight excluding hydrogens is 707 g/mol. The van der Waals surface area contributed by atoms with Crippen LogP contribution in [0.4, 0.5) is 16.6 Å². The number of urea groups is 1. The highest BCUT2D eigenvalue weighted by molar-refractivity contribution is 5.89. The number of rotatable bonds is 11. The molecule has 0 saturated carbocycles. The first kappa shape index (κ1) is 37.8. The molecule has 2 fully saturated rings. The van der Waals surface area contributed by atoms with E-state index in [1.807, 2.05) is 59.1 Å². The van der Waals surface area contributed by atoms with Crippen molar-refractivity contribution in [2.24, 2.45) is 0 Å². The number of aliphatic hydroxyl groups excluding tert-OH is 1. The summed E-state index contributed by atoms with van der Waals surface area (Å²) in [7, 11) is 0. The second-order valence-electron chi connectivity index (χ2n) is 16.5. The summed E-state index contributed by atoms with van der Waals surface area (Å²) >= 11 is 0. The summed E-state index contributed by atoms with van der Waals surface area (Å²) in [6.45, 7) is 12.9. The third kappa shape index (κ3) is 8.06. The number of fused-ring (bicyclic) bond motifs is 2. The number of hydrogen-bond acceptors (Lipinski definition) is 9. The highest BCUT2D eigenvalue weighted by atomic mass is 16.5. The topological polar surface area (TPSA) is 134 Å². The molecule has 3 atom stereocenters. The molecule has 2 aromatic carbocycles. The Bertz CT molecular complexity index is 2150. The lowest BCUT2D eigenvalue weighted by molar-refractivity contribution is 0.171. The third-order valence-electron chi connectivity index (χ3n) is 11.5. The van der Waals surface area contributed by atoms with Gasteiger partial charge in [-0.05, 0) is 94.3 Å². The molecule has 13 nitrogen and oxygen atoms in total. The molecule has 3 aliphatic rings. The molecule has 0 bridgehead atoms. The molecule has 56 heavy (non-hydrogen) atoms. The number of benzene rings is 2. The van der Waals surface area contributed by atoms with E-state index in [0.29, 0.717) is 36.2 Å². The highest BCUT2D eigenvalue weighted by Gasteiger charge is 2.31. The summed E-state index contributed by atoms with van der Waals surface area (Å²) in [6, 6.07) is 19.6. The molecular formula is C43H55N9O4. The van der Waals surface area contributed by atoms with Gasteiger partial charge in [-0.1, -0.05) is 51.1 Å². The molecule has 0 spiro atoms. The number of aliphatic hydroxyl groups is 1. The number of pyridine rings is 1. The minimum Gasteiger partial charge on any atom is -0.492 e. The maximum atomic E-state index is 13.8. The molecule has 2 saturated heterocycles. The van der Waals surface area contributed by atoms with Gasteiger partial charge in [0.15, 0.2) is 5.65 Å². The number of carbonyl (C=O) groups excluding carboxylic acids is 1. The van der Waals surface area contributed by atoms with Crippen LogP contribution in [0, 0.1) is 0 Å². The van der Waals surface area contributed by atoms with Crippen molar-refractivity contribution < 1.29 is 19.4 Å². The average Bonchev–Trinajstić information content (AvgIpc) is 3.97. The summed E-state index contributed by atoms with van der Waals surface area (Å²) in [4.78, 5) is 18.6. The average molecular weight is 762 g/mol. The lowest BCUT2D eigenvalue weighted by atomic mass is 9.85. The Morgan fingerprint density at radius 2 is 1.73 bits per heavy atom. The second-order valence-corrected chi connectivity index (χ2v) is 16.5. The van der Waals surface area contributed by atoms with Crippen LogP contribution >= 0.6 is 0 Å². The van der Waals surface area contributed by atoms with Crippen LogP contribution in [0.1, 0.15) is 107 Å². The summed E-state index contributed by atoms with van der Waals surface area (Å²) in [5, 5.41) is 30.4. The van der Waals surface area contributed by atoms with E-state index < -0.39 is 0 Å². The molecule has 3 aromatic heterocycles. The monoisotopic (exact) mass is 761 g/mol. The predicted octanol–water partition coefficient (Wildman–Crippen LogP) is 7.33. The van der Waals surface area contributed by atoms with Crippen molar-refractivity contribution in [2.75, 3.05) is 43.0 Å². The smallest absolute Gasteiger partial charge is 0.320 e. The fourth-order valence-corrected chi connectivity index (χ4v) is 8.28. The Kier molecular flexibility index (Phi) is 10.9. The van der Waals surface area contributed by atoms with Crippen LogP contribution in [-0.4, -0.2) is 79.2 Å². The maximum absolute atomic E-state index is 13.8. The molecule has 1 aliphatic carbocycles. The van der Waals surface area contributed by atoms with Crippen LogP contribution in [0.2, 0.25) is 0 Å². The first-order valence-electron chi connectivity index (χ1n) is 20.3. The van der Waals surface area contributed by atoms with Gasteiger partial charge in [-0.3, -0.25) is 14.6 Å². The Hall–Kier alpha value is -5.14. The normalized spacial score (nSPS) is 20.2. The van der Waals surface area contributed by atoms with E-state index >= 15 is 0 Å². The number of nitrogens with one attached hydrogen (secondary N) is 2. The number of ether oxygens (including phenoxy) is 2. The van der Waals surface area contributed by atoms with E-state index in [1.54, 1.807) is 4.68 Å². The molecule has 2 aliphatic heterocycles. The van der Waals surface area contributed by atoms with Crippen LogP contribution < -0.4 is 25.0 Å². The summed E-state index contributed by atoms with van der Waals surface area (Å²) in [6.07, 6.45) is 9.23. The fourth-order valence-electron chi connectivity index (χ4n) is 8.28. The molecule has 3 N–H and O–H groups in total. The van der Waals surface area contributed by atoms with Crippen LogP contribution in [0.25, 0.3) is 11.3 Å². The molecule has 8 rings (SSSR count). The highest BCUT2D eigenvalue weighted by Crippen LogP contribution is 2.39. The van der Waals surface area contributed by atoms with Crippen molar-refractivity contribution in [1.29, 1.82) is 0 Å². The number of carbonyl (C=O) groups is 1. The molecule has 296 valence electrons. The second kappa shape index (κ2) is 16.1. The summed E-state index contributed by atoms with van der Waals surface area (Å²) in [5.41, 5.74) is 4.90. The van der Waals surface area contributed by atoms with Gasteiger partial charge in [0.1, 0.15) is 30.0 Å². The van der Waals surface area contributed by atoms with Crippen LogP contribution in [-0.2, 0) is 12.0 Å². The largest absolute Gasteiger partial charge is 0.492 e. The van der Waals surface area contributed by atoms with Crippen molar-refractivity contribution >= 4 is 23.4 Å². The van der Waals surface area contributed by atoms with Gasteiger partial charge in [-0.25, -0.2) is 9.48 Å². The Morgan fingerprint density at radius 3 is 2.52 bits per heavy atom. The molecule has 2 amide bonds. The number of amides is 2. The summed E-state index contributed by atoms with van der Waals surface area (Å²) < 4.78 is 16.7. The number of nitrogens with zero attached hydrogens (tertiary/aromatic N) is 7. The van der Waals surface area contributed by atoms with Gasteiger partial charge in [0.05, 0.1) is 30.2 Å². The van der Waals surface area contributed by atoms with Gasteiger partial charge in [-0.15, -0.1) is 10.2 Å². The van der Waals surface area contributed by atoms with Gasteiger partial charge >= 0.3 is 6.03 Å². The van der Waals surface area contributed by atoms with E-state index in [2.05, 4.69) is 70.5 Å². The van der Waals surface area contributed by atoms with Gasteiger partial charge in [0.2, 0.25) is 5.95 Å². The van der Waals surface area contributed by atoms with Crippen LogP contribution in [0.5, 0.6) is 11.5 Å². The number of piperidine rings is 1. The Labute approximate surface area is 329 Å². The molecule has 0 radical (unpaired) electrons.